The number of likely N-dealkylation sites (N-methyl/N-ethyl adjacent to an activating group) is 1. The summed E-state index contributed by atoms with van der Waals surface area (Å²) in [7, 11) is 5.75. The molecule has 3 atom stereocenters. The molecule has 0 heterocycles. The van der Waals surface area contributed by atoms with E-state index in [0.29, 0.717) is 11.0 Å². The number of rotatable bonds is 8. The number of carbonyl (C=O) groups excluding carboxylic acids is 2. The Morgan fingerprint density at radius 3 is 1.92 bits per heavy atom. The highest BCUT2D eigenvalue weighted by Crippen LogP contribution is 2.05. The number of nitrogens with zero attached hydrogens (tertiary/aromatic N) is 1. The number of hydrogen-bond donors (Lipinski definition) is 2. The van der Waals surface area contributed by atoms with Crippen molar-refractivity contribution < 1.29 is 33.8 Å². The van der Waals surface area contributed by atoms with E-state index in [4.69, 9.17) is 15.6 Å². The zero-order chi connectivity index (χ0) is 18.8. The van der Waals surface area contributed by atoms with E-state index in [9.17, 15) is 19.5 Å². The van der Waals surface area contributed by atoms with Crippen molar-refractivity contribution in [2.45, 2.75) is 45.8 Å². The van der Waals surface area contributed by atoms with Crippen LogP contribution in [0, 0.1) is 5.92 Å². The second-order valence-corrected chi connectivity index (χ2v) is 6.53. The van der Waals surface area contributed by atoms with Gasteiger partial charge in [0.1, 0.15) is 6.54 Å². The molecule has 0 saturated heterocycles. The fourth-order valence-corrected chi connectivity index (χ4v) is 1.67. The first kappa shape index (κ1) is 27.5. The van der Waals surface area contributed by atoms with Gasteiger partial charge >= 0.3 is 11.9 Å². The summed E-state index contributed by atoms with van der Waals surface area (Å²) >= 11 is 0. The van der Waals surface area contributed by atoms with E-state index in [1.54, 1.807) is 6.92 Å². The second-order valence-electron chi connectivity index (χ2n) is 6.53. The third-order valence-electron chi connectivity index (χ3n) is 3.02. The van der Waals surface area contributed by atoms with Crippen molar-refractivity contribution >= 4 is 30.3 Å². The maximum Gasteiger partial charge on any atom is 0.307 e. The Morgan fingerprint density at radius 1 is 1.25 bits per heavy atom. The molecule has 0 fully saturated rings. The van der Waals surface area contributed by atoms with Gasteiger partial charge in [0, 0.05) is 13.0 Å². The van der Waals surface area contributed by atoms with E-state index >= 15 is 0 Å². The number of hydrogen-bond acceptors (Lipinski definition) is 6. The van der Waals surface area contributed by atoms with Crippen molar-refractivity contribution in [3.63, 3.8) is 0 Å². The number of quaternary nitrogens is 1. The summed E-state index contributed by atoms with van der Waals surface area (Å²) in [6.07, 6.45) is 0.0783. The Balaban J connectivity index is -0.000000385. The van der Waals surface area contributed by atoms with Gasteiger partial charge in [-0.25, -0.2) is 0 Å². The molecule has 0 unspecified atom stereocenters. The molecule has 8 nitrogen and oxygen atoms in total. The van der Waals surface area contributed by atoms with Crippen molar-refractivity contribution in [2.24, 2.45) is 11.7 Å². The molecule has 0 spiro atoms. The molecule has 144 valence electrons. The number of carbonyl (C=O) groups is 3. The van der Waals surface area contributed by atoms with Crippen molar-refractivity contribution in [1.29, 1.82) is 0 Å². The number of ether oxygens (including phenoxy) is 1. The second kappa shape index (κ2) is 13.0. The normalized spacial score (nSPS) is 14.1. The molecule has 3 N–H and O–H groups in total. The lowest BCUT2D eigenvalue weighted by atomic mass is 10.0. The van der Waals surface area contributed by atoms with Crippen LogP contribution in [0.4, 0.5) is 0 Å². The number of nitrogens with two attached hydrogens (primary N) is 1. The Bertz CT molecular complexity index is 382. The fourth-order valence-electron chi connectivity index (χ4n) is 1.67. The minimum absolute atomic E-state index is 0. The topological polar surface area (TPSA) is 130 Å². The van der Waals surface area contributed by atoms with Crippen LogP contribution in [0.15, 0.2) is 0 Å². The number of halogens is 1. The number of esters is 1. The van der Waals surface area contributed by atoms with Gasteiger partial charge in [0.25, 0.3) is 0 Å². The number of carboxylic acid groups (broad SMARTS) is 2. The van der Waals surface area contributed by atoms with Crippen molar-refractivity contribution in [3.05, 3.63) is 0 Å². The van der Waals surface area contributed by atoms with Crippen molar-refractivity contribution in [2.75, 3.05) is 27.7 Å². The van der Waals surface area contributed by atoms with Gasteiger partial charge in [-0.05, 0) is 5.92 Å². The Hall–Kier alpha value is -1.38. The maximum absolute atomic E-state index is 10.7. The molecule has 24 heavy (non-hydrogen) atoms. The lowest BCUT2D eigenvalue weighted by Crippen LogP contribution is -2.45. The minimum Gasteiger partial charge on any atom is -0.548 e. The van der Waals surface area contributed by atoms with Crippen LogP contribution in [-0.2, 0) is 19.1 Å². The molecule has 0 aliphatic carbocycles. The van der Waals surface area contributed by atoms with Gasteiger partial charge in [0.2, 0.25) is 0 Å². The van der Waals surface area contributed by atoms with Gasteiger partial charge in [0.15, 0.2) is 6.10 Å². The molecule has 0 aliphatic heterocycles. The quantitative estimate of drug-likeness (QED) is 0.440. The summed E-state index contributed by atoms with van der Waals surface area (Å²) < 4.78 is 5.46. The SMILES string of the molecule is CC(=O)O[C@@H](CC(=O)O)C[N+](C)(C)C.CC[C@@H](C)[C@H](N)C(=O)[O-].Cl. The van der Waals surface area contributed by atoms with Crippen LogP contribution in [0.25, 0.3) is 0 Å². The fraction of sp³-hybridized carbons (Fsp3) is 0.800. The summed E-state index contributed by atoms with van der Waals surface area (Å²) in [6.45, 7) is 5.46. The molecule has 0 amide bonds. The monoisotopic (exact) mass is 370 g/mol. The molecule has 0 rings (SSSR count). The zero-order valence-corrected chi connectivity index (χ0v) is 16.1. The van der Waals surface area contributed by atoms with Crippen LogP contribution >= 0.6 is 12.4 Å². The standard InChI is InChI=1S/C9H17NO4.C6H13NO2.ClH/c1-7(11)14-8(5-9(12)13)6-10(2,3)4;1-3-4(2)5(7)6(8)9;/h8H,5-6H2,1-4H3;4-5H,3,7H2,1-2H3,(H,8,9);1H/t8-;4-,5+;/m01./s1. The Kier molecular flexibility index (Phi) is 14.8. The molecular weight excluding hydrogens is 340 g/mol. The first-order valence-electron chi connectivity index (χ1n) is 7.46. The Morgan fingerprint density at radius 2 is 1.71 bits per heavy atom. The lowest BCUT2D eigenvalue weighted by molar-refractivity contribution is -0.873. The highest BCUT2D eigenvalue weighted by molar-refractivity contribution is 5.85. The molecule has 0 radical (unpaired) electrons. The van der Waals surface area contributed by atoms with Gasteiger partial charge in [-0.3, -0.25) is 9.59 Å². The number of aliphatic carboxylic acids is 2. The number of carboxylic acids is 2. The van der Waals surface area contributed by atoms with Gasteiger partial charge in [-0.2, -0.15) is 0 Å². The summed E-state index contributed by atoms with van der Waals surface area (Å²) in [5.74, 6) is -2.55. The van der Waals surface area contributed by atoms with Crippen LogP contribution in [0.5, 0.6) is 0 Å². The van der Waals surface area contributed by atoms with Gasteiger partial charge < -0.3 is 30.0 Å². The molecule has 9 heteroatoms. The highest BCUT2D eigenvalue weighted by atomic mass is 35.5. The summed E-state index contributed by atoms with van der Waals surface area (Å²) in [5, 5.41) is 18.7. The van der Waals surface area contributed by atoms with Crippen molar-refractivity contribution in [3.8, 4) is 0 Å². The summed E-state index contributed by atoms with van der Waals surface area (Å²) in [6, 6.07) is -0.810. The van der Waals surface area contributed by atoms with Crippen molar-refractivity contribution in [1.82, 2.24) is 0 Å². The third-order valence-corrected chi connectivity index (χ3v) is 3.02. The Labute approximate surface area is 150 Å². The molecule has 0 saturated carbocycles. The first-order chi connectivity index (χ1) is 10.3. The van der Waals surface area contributed by atoms with Gasteiger partial charge in [0.05, 0.1) is 33.5 Å². The maximum atomic E-state index is 10.7. The van der Waals surface area contributed by atoms with Crippen LogP contribution in [-0.4, -0.2) is 67.3 Å². The van der Waals surface area contributed by atoms with E-state index < -0.39 is 30.1 Å². The lowest BCUT2D eigenvalue weighted by Gasteiger charge is -2.28. The molecule has 0 bridgehead atoms. The van der Waals surface area contributed by atoms with E-state index in [1.165, 1.54) is 6.92 Å². The molecule has 0 aliphatic rings. The predicted octanol–water partition coefficient (Wildman–Crippen LogP) is -0.369. The minimum atomic E-state index is -1.16. The van der Waals surface area contributed by atoms with E-state index in [-0.39, 0.29) is 24.7 Å². The molecular formula is C15H31ClN2O6. The summed E-state index contributed by atoms with van der Waals surface area (Å²) in [5.41, 5.74) is 5.21. The summed E-state index contributed by atoms with van der Waals surface area (Å²) in [4.78, 5) is 31.2. The zero-order valence-electron chi connectivity index (χ0n) is 15.3. The van der Waals surface area contributed by atoms with Crippen LogP contribution < -0.4 is 10.8 Å². The average molecular weight is 371 g/mol. The first-order valence-corrected chi connectivity index (χ1v) is 7.46. The van der Waals surface area contributed by atoms with E-state index in [2.05, 4.69) is 0 Å². The average Bonchev–Trinajstić information content (AvgIpc) is 2.33. The van der Waals surface area contributed by atoms with E-state index in [1.807, 2.05) is 28.1 Å². The molecule has 0 aromatic heterocycles. The van der Waals surface area contributed by atoms with Crippen LogP contribution in [0.2, 0.25) is 0 Å². The van der Waals surface area contributed by atoms with Crippen LogP contribution in [0.3, 0.4) is 0 Å². The smallest absolute Gasteiger partial charge is 0.307 e. The molecule has 0 aromatic rings. The van der Waals surface area contributed by atoms with E-state index in [0.717, 1.165) is 6.42 Å². The predicted molar refractivity (Wildman–Crippen MR) is 90.4 cm³/mol. The third kappa shape index (κ3) is 17.0. The van der Waals surface area contributed by atoms with Gasteiger partial charge in [-0.15, -0.1) is 12.4 Å². The highest BCUT2D eigenvalue weighted by Gasteiger charge is 2.23. The molecule has 0 aromatic carbocycles. The van der Waals surface area contributed by atoms with Crippen LogP contribution in [0.1, 0.15) is 33.6 Å². The largest absolute Gasteiger partial charge is 0.548 e. The van der Waals surface area contributed by atoms with Gasteiger partial charge in [-0.1, -0.05) is 20.3 Å².